The first-order chi connectivity index (χ1) is 11.1. The van der Waals surface area contributed by atoms with Crippen molar-refractivity contribution in [3.05, 3.63) is 47.2 Å². The van der Waals surface area contributed by atoms with Gasteiger partial charge in [-0.2, -0.15) is 0 Å². The number of carbonyl (C=O) groups is 1. The number of hydrogen-bond donors (Lipinski definition) is 1. The number of anilines is 2. The Balaban J connectivity index is 1.73. The van der Waals surface area contributed by atoms with Gasteiger partial charge in [-0.3, -0.25) is 4.79 Å². The second-order valence-electron chi connectivity index (χ2n) is 5.90. The Bertz CT molecular complexity index is 689. The molecule has 1 atom stereocenters. The minimum atomic E-state index is -0.249. The first-order valence-corrected chi connectivity index (χ1v) is 8.14. The molecule has 1 fully saturated rings. The number of benzene rings is 1. The zero-order valence-corrected chi connectivity index (χ0v) is 13.8. The van der Waals surface area contributed by atoms with Gasteiger partial charge in [-0.1, -0.05) is 18.5 Å². The molecule has 0 aliphatic carbocycles. The number of amides is 1. The molecule has 5 nitrogen and oxygen atoms in total. The van der Waals surface area contributed by atoms with E-state index in [-0.39, 0.29) is 5.91 Å². The van der Waals surface area contributed by atoms with E-state index in [4.69, 9.17) is 11.6 Å². The second-order valence-corrected chi connectivity index (χ2v) is 6.33. The summed E-state index contributed by atoms with van der Waals surface area (Å²) in [4.78, 5) is 23.2. The summed E-state index contributed by atoms with van der Waals surface area (Å²) in [5, 5.41) is 3.45. The van der Waals surface area contributed by atoms with E-state index in [1.54, 1.807) is 36.5 Å². The van der Waals surface area contributed by atoms with Gasteiger partial charge in [0.1, 0.15) is 5.69 Å². The SMILES string of the molecule is CC1CCCN(c2nccc(C(=O)Nc3ccc(Cl)cc3)n2)C1. The molecule has 120 valence electrons. The van der Waals surface area contributed by atoms with Crippen molar-refractivity contribution >= 4 is 29.1 Å². The number of piperidine rings is 1. The average molecular weight is 331 g/mol. The zero-order chi connectivity index (χ0) is 16.2. The van der Waals surface area contributed by atoms with Crippen LogP contribution in [0.25, 0.3) is 0 Å². The Hall–Kier alpha value is -2.14. The molecule has 1 aromatic heterocycles. The van der Waals surface area contributed by atoms with Crippen molar-refractivity contribution in [2.75, 3.05) is 23.3 Å². The van der Waals surface area contributed by atoms with Gasteiger partial charge in [0, 0.05) is 30.0 Å². The van der Waals surface area contributed by atoms with Crippen molar-refractivity contribution < 1.29 is 4.79 Å². The van der Waals surface area contributed by atoms with Crippen LogP contribution in [-0.2, 0) is 0 Å². The number of nitrogens with zero attached hydrogens (tertiary/aromatic N) is 3. The van der Waals surface area contributed by atoms with Crippen molar-refractivity contribution in [2.24, 2.45) is 5.92 Å². The summed E-state index contributed by atoms with van der Waals surface area (Å²) in [6.45, 7) is 4.10. The summed E-state index contributed by atoms with van der Waals surface area (Å²) in [5.41, 5.74) is 1.05. The van der Waals surface area contributed by atoms with Crippen LogP contribution in [0, 0.1) is 5.92 Å². The summed E-state index contributed by atoms with van der Waals surface area (Å²) in [6, 6.07) is 8.61. The van der Waals surface area contributed by atoms with Crippen molar-refractivity contribution in [3.8, 4) is 0 Å². The molecule has 0 spiro atoms. The maximum Gasteiger partial charge on any atom is 0.274 e. The summed E-state index contributed by atoms with van der Waals surface area (Å²) < 4.78 is 0. The lowest BCUT2D eigenvalue weighted by molar-refractivity contribution is 0.102. The Morgan fingerprint density at radius 1 is 1.30 bits per heavy atom. The summed E-state index contributed by atoms with van der Waals surface area (Å²) in [6.07, 6.45) is 4.00. The van der Waals surface area contributed by atoms with E-state index in [9.17, 15) is 4.79 Å². The van der Waals surface area contributed by atoms with Crippen molar-refractivity contribution in [1.82, 2.24) is 9.97 Å². The Morgan fingerprint density at radius 3 is 2.83 bits per heavy atom. The molecular weight excluding hydrogens is 312 g/mol. The molecule has 1 aliphatic rings. The molecule has 0 radical (unpaired) electrons. The van der Waals surface area contributed by atoms with Gasteiger partial charge in [0.15, 0.2) is 0 Å². The van der Waals surface area contributed by atoms with Gasteiger partial charge in [0.2, 0.25) is 5.95 Å². The van der Waals surface area contributed by atoms with Gasteiger partial charge in [-0.05, 0) is 49.1 Å². The van der Waals surface area contributed by atoms with E-state index in [0.29, 0.717) is 28.3 Å². The fraction of sp³-hybridized carbons (Fsp3) is 0.353. The molecule has 1 saturated heterocycles. The molecule has 1 N–H and O–H groups in total. The van der Waals surface area contributed by atoms with Gasteiger partial charge in [-0.25, -0.2) is 9.97 Å². The van der Waals surface area contributed by atoms with Crippen LogP contribution >= 0.6 is 11.6 Å². The maximum absolute atomic E-state index is 12.3. The number of carbonyl (C=O) groups excluding carboxylic acids is 1. The van der Waals surface area contributed by atoms with Crippen LogP contribution in [0.5, 0.6) is 0 Å². The standard InChI is InChI=1S/C17H19ClN4O/c1-12-3-2-10-22(11-12)17-19-9-8-15(21-17)16(23)20-14-6-4-13(18)5-7-14/h4-9,12H,2-3,10-11H2,1H3,(H,20,23). The number of nitrogens with one attached hydrogen (secondary N) is 1. The van der Waals surface area contributed by atoms with Crippen LogP contribution < -0.4 is 10.2 Å². The highest BCUT2D eigenvalue weighted by Gasteiger charge is 2.19. The zero-order valence-electron chi connectivity index (χ0n) is 13.0. The number of rotatable bonds is 3. The number of aromatic nitrogens is 2. The van der Waals surface area contributed by atoms with Crippen molar-refractivity contribution in [3.63, 3.8) is 0 Å². The van der Waals surface area contributed by atoms with E-state index in [1.807, 2.05) is 0 Å². The lowest BCUT2D eigenvalue weighted by atomic mass is 10.0. The van der Waals surface area contributed by atoms with Crippen LogP contribution in [0.15, 0.2) is 36.5 Å². The lowest BCUT2D eigenvalue weighted by Crippen LogP contribution is -2.35. The highest BCUT2D eigenvalue weighted by Crippen LogP contribution is 2.20. The fourth-order valence-corrected chi connectivity index (χ4v) is 2.85. The smallest absolute Gasteiger partial charge is 0.274 e. The second kappa shape index (κ2) is 6.96. The molecule has 2 heterocycles. The monoisotopic (exact) mass is 330 g/mol. The topological polar surface area (TPSA) is 58.1 Å². The predicted molar refractivity (Wildman–Crippen MR) is 92.0 cm³/mol. The number of halogens is 1. The van der Waals surface area contributed by atoms with E-state index in [0.717, 1.165) is 19.5 Å². The Labute approximate surface area is 140 Å². The van der Waals surface area contributed by atoms with Crippen LogP contribution in [0.4, 0.5) is 11.6 Å². The quantitative estimate of drug-likeness (QED) is 0.933. The van der Waals surface area contributed by atoms with Gasteiger partial charge in [0.05, 0.1) is 0 Å². The molecule has 6 heteroatoms. The van der Waals surface area contributed by atoms with E-state index >= 15 is 0 Å². The molecule has 3 rings (SSSR count). The van der Waals surface area contributed by atoms with Gasteiger partial charge < -0.3 is 10.2 Å². The van der Waals surface area contributed by atoms with Crippen LogP contribution in [0.3, 0.4) is 0 Å². The first-order valence-electron chi connectivity index (χ1n) is 7.77. The molecule has 1 aromatic carbocycles. The molecule has 23 heavy (non-hydrogen) atoms. The molecule has 1 unspecified atom stereocenters. The molecule has 0 saturated carbocycles. The molecule has 1 aliphatic heterocycles. The third-order valence-electron chi connectivity index (χ3n) is 3.92. The first kappa shape index (κ1) is 15.7. The van der Waals surface area contributed by atoms with E-state index in [1.165, 1.54) is 6.42 Å². The predicted octanol–water partition coefficient (Wildman–Crippen LogP) is 3.62. The Morgan fingerprint density at radius 2 is 2.09 bits per heavy atom. The minimum Gasteiger partial charge on any atom is -0.341 e. The summed E-state index contributed by atoms with van der Waals surface area (Å²) >= 11 is 5.84. The van der Waals surface area contributed by atoms with Gasteiger partial charge in [-0.15, -0.1) is 0 Å². The Kier molecular flexibility index (Phi) is 4.76. The highest BCUT2D eigenvalue weighted by atomic mass is 35.5. The third-order valence-corrected chi connectivity index (χ3v) is 4.17. The molecule has 2 aromatic rings. The van der Waals surface area contributed by atoms with Crippen molar-refractivity contribution in [2.45, 2.75) is 19.8 Å². The fourth-order valence-electron chi connectivity index (χ4n) is 2.73. The van der Waals surface area contributed by atoms with E-state index < -0.39 is 0 Å². The third kappa shape index (κ3) is 3.99. The van der Waals surface area contributed by atoms with Crippen LogP contribution in [0.1, 0.15) is 30.3 Å². The maximum atomic E-state index is 12.3. The normalized spacial score (nSPS) is 17.8. The van der Waals surface area contributed by atoms with E-state index in [2.05, 4.69) is 27.1 Å². The summed E-state index contributed by atoms with van der Waals surface area (Å²) in [5.74, 6) is 1.00. The van der Waals surface area contributed by atoms with Gasteiger partial charge >= 0.3 is 0 Å². The lowest BCUT2D eigenvalue weighted by Gasteiger charge is -2.30. The molecule has 1 amide bonds. The largest absolute Gasteiger partial charge is 0.341 e. The molecular formula is C17H19ClN4O. The van der Waals surface area contributed by atoms with Gasteiger partial charge in [0.25, 0.3) is 5.91 Å². The highest BCUT2D eigenvalue weighted by molar-refractivity contribution is 6.30. The minimum absolute atomic E-state index is 0.249. The van der Waals surface area contributed by atoms with Crippen LogP contribution in [0.2, 0.25) is 5.02 Å². The van der Waals surface area contributed by atoms with Crippen molar-refractivity contribution in [1.29, 1.82) is 0 Å². The van der Waals surface area contributed by atoms with Crippen LogP contribution in [-0.4, -0.2) is 29.0 Å². The number of hydrogen-bond acceptors (Lipinski definition) is 4. The summed E-state index contributed by atoms with van der Waals surface area (Å²) in [7, 11) is 0. The average Bonchev–Trinajstić information content (AvgIpc) is 2.57. The molecule has 0 bridgehead atoms.